The van der Waals surface area contributed by atoms with Gasteiger partial charge in [0.2, 0.25) is 0 Å². The van der Waals surface area contributed by atoms with Gasteiger partial charge in [0, 0.05) is 29.7 Å². The van der Waals surface area contributed by atoms with Crippen LogP contribution >= 0.6 is 11.6 Å². The molecule has 0 aliphatic carbocycles. The number of carbonyl (C=O) groups is 1. The van der Waals surface area contributed by atoms with Crippen LogP contribution in [0, 0.1) is 0 Å². The third-order valence-corrected chi connectivity index (χ3v) is 5.42. The largest absolute Gasteiger partial charge is 0.494 e. The lowest BCUT2D eigenvalue weighted by molar-refractivity contribution is 0.211. The average Bonchev–Trinajstić information content (AvgIpc) is 2.96. The van der Waals surface area contributed by atoms with Crippen LogP contribution in [0.15, 0.2) is 48.5 Å². The van der Waals surface area contributed by atoms with E-state index in [0.29, 0.717) is 5.92 Å². The first-order valence-corrected chi connectivity index (χ1v) is 10.6. The van der Waals surface area contributed by atoms with Crippen molar-refractivity contribution in [2.75, 3.05) is 25.0 Å². The topological polar surface area (TPSA) is 41.6 Å². The maximum Gasteiger partial charge on any atom is 0.321 e. The van der Waals surface area contributed by atoms with Gasteiger partial charge in [-0.15, -0.1) is 0 Å². The fourth-order valence-electron chi connectivity index (χ4n) is 3.50. The molecule has 1 aliphatic rings. The van der Waals surface area contributed by atoms with Gasteiger partial charge in [0.25, 0.3) is 0 Å². The van der Waals surface area contributed by atoms with Gasteiger partial charge in [0.1, 0.15) is 5.75 Å². The summed E-state index contributed by atoms with van der Waals surface area (Å²) in [6, 6.07) is 15.6. The van der Waals surface area contributed by atoms with Crippen molar-refractivity contribution in [3.63, 3.8) is 0 Å². The predicted molar refractivity (Wildman–Crippen MR) is 115 cm³/mol. The van der Waals surface area contributed by atoms with Crippen LogP contribution in [-0.2, 0) is 0 Å². The van der Waals surface area contributed by atoms with E-state index in [4.69, 9.17) is 16.3 Å². The fraction of sp³-hybridized carbons (Fsp3) is 0.435. The van der Waals surface area contributed by atoms with E-state index in [2.05, 4.69) is 24.4 Å². The van der Waals surface area contributed by atoms with Crippen molar-refractivity contribution in [1.29, 1.82) is 0 Å². The molecule has 28 heavy (non-hydrogen) atoms. The molecule has 0 saturated carbocycles. The van der Waals surface area contributed by atoms with Gasteiger partial charge in [-0.2, -0.15) is 0 Å². The maximum absolute atomic E-state index is 12.8. The molecule has 1 N–H and O–H groups in total. The van der Waals surface area contributed by atoms with E-state index in [0.717, 1.165) is 68.3 Å². The molecule has 150 valence electrons. The SMILES string of the molecule is CCCCOc1ccc(NC(=O)N2CCCCC(c3ccc(Cl)cc3)C2)cc1. The van der Waals surface area contributed by atoms with Crippen LogP contribution < -0.4 is 10.1 Å². The van der Waals surface area contributed by atoms with Gasteiger partial charge >= 0.3 is 6.03 Å². The van der Waals surface area contributed by atoms with Crippen LogP contribution in [0.4, 0.5) is 10.5 Å². The quantitative estimate of drug-likeness (QED) is 0.576. The van der Waals surface area contributed by atoms with Crippen molar-refractivity contribution < 1.29 is 9.53 Å². The molecular formula is C23H29ClN2O2. The number of likely N-dealkylation sites (tertiary alicyclic amines) is 1. The summed E-state index contributed by atoms with van der Waals surface area (Å²) in [5.74, 6) is 1.18. The Morgan fingerprint density at radius 1 is 1.14 bits per heavy atom. The zero-order valence-electron chi connectivity index (χ0n) is 16.5. The van der Waals surface area contributed by atoms with Crippen LogP contribution in [0.1, 0.15) is 50.5 Å². The van der Waals surface area contributed by atoms with Crippen molar-refractivity contribution in [2.24, 2.45) is 0 Å². The van der Waals surface area contributed by atoms with Crippen molar-refractivity contribution in [3.05, 3.63) is 59.1 Å². The number of ether oxygens (including phenoxy) is 1. The molecule has 1 fully saturated rings. The van der Waals surface area contributed by atoms with Crippen molar-refractivity contribution in [1.82, 2.24) is 4.90 Å². The standard InChI is InChI=1S/C23H29ClN2O2/c1-2-3-16-28-22-13-11-21(12-14-22)25-23(27)26-15-5-4-6-19(17-26)18-7-9-20(24)10-8-18/h7-14,19H,2-6,15-17H2,1H3,(H,25,27). The normalized spacial score (nSPS) is 17.1. The number of hydrogen-bond acceptors (Lipinski definition) is 2. The third kappa shape index (κ3) is 5.90. The van der Waals surface area contributed by atoms with E-state index in [1.165, 1.54) is 5.56 Å². The van der Waals surface area contributed by atoms with E-state index in [-0.39, 0.29) is 6.03 Å². The number of nitrogens with zero attached hydrogens (tertiary/aromatic N) is 1. The summed E-state index contributed by atoms with van der Waals surface area (Å²) in [4.78, 5) is 14.7. The molecule has 0 aromatic heterocycles. The number of urea groups is 1. The van der Waals surface area contributed by atoms with Gasteiger partial charge in [-0.1, -0.05) is 43.5 Å². The highest BCUT2D eigenvalue weighted by Crippen LogP contribution is 2.28. The monoisotopic (exact) mass is 400 g/mol. The molecule has 0 bridgehead atoms. The molecule has 2 aromatic carbocycles. The molecule has 1 atom stereocenters. The predicted octanol–water partition coefficient (Wildman–Crippen LogP) is 6.32. The second-order valence-corrected chi connectivity index (χ2v) is 7.78. The summed E-state index contributed by atoms with van der Waals surface area (Å²) in [6.07, 6.45) is 5.40. The van der Waals surface area contributed by atoms with E-state index in [1.54, 1.807) is 0 Å². The molecular weight excluding hydrogens is 372 g/mol. The highest BCUT2D eigenvalue weighted by atomic mass is 35.5. The molecule has 1 heterocycles. The number of anilines is 1. The number of carbonyl (C=O) groups excluding carboxylic acids is 1. The second-order valence-electron chi connectivity index (χ2n) is 7.35. The molecule has 5 heteroatoms. The average molecular weight is 401 g/mol. The lowest BCUT2D eigenvalue weighted by atomic mass is 9.94. The third-order valence-electron chi connectivity index (χ3n) is 5.17. The molecule has 4 nitrogen and oxygen atoms in total. The molecule has 0 spiro atoms. The Labute approximate surface area is 172 Å². The number of amides is 2. The molecule has 1 aliphatic heterocycles. The number of hydrogen-bond donors (Lipinski definition) is 1. The number of unbranched alkanes of at least 4 members (excludes halogenated alkanes) is 1. The summed E-state index contributed by atoms with van der Waals surface area (Å²) in [5, 5.41) is 3.77. The van der Waals surface area contributed by atoms with Gasteiger partial charge in [-0.05, 0) is 61.2 Å². The van der Waals surface area contributed by atoms with E-state index in [9.17, 15) is 4.79 Å². The van der Waals surface area contributed by atoms with E-state index in [1.807, 2.05) is 41.3 Å². The Morgan fingerprint density at radius 3 is 2.61 bits per heavy atom. The highest BCUT2D eigenvalue weighted by Gasteiger charge is 2.23. The lowest BCUT2D eigenvalue weighted by Gasteiger charge is -2.25. The second kappa shape index (κ2) is 10.4. The zero-order chi connectivity index (χ0) is 19.8. The van der Waals surface area contributed by atoms with Crippen molar-refractivity contribution in [3.8, 4) is 5.75 Å². The molecule has 2 amide bonds. The summed E-state index contributed by atoms with van der Waals surface area (Å²) in [7, 11) is 0. The first kappa shape index (κ1) is 20.5. The Balaban J connectivity index is 1.58. The highest BCUT2D eigenvalue weighted by molar-refractivity contribution is 6.30. The van der Waals surface area contributed by atoms with Gasteiger partial charge in [0.05, 0.1) is 6.61 Å². The lowest BCUT2D eigenvalue weighted by Crippen LogP contribution is -2.37. The molecule has 2 aromatic rings. The maximum atomic E-state index is 12.8. The number of benzene rings is 2. The molecule has 1 saturated heterocycles. The first-order chi connectivity index (χ1) is 13.7. The minimum absolute atomic E-state index is 0.0412. The Bertz CT molecular complexity index is 746. The first-order valence-electron chi connectivity index (χ1n) is 10.2. The number of rotatable bonds is 6. The number of nitrogens with one attached hydrogen (secondary N) is 1. The summed E-state index contributed by atoms with van der Waals surface area (Å²) >= 11 is 6.02. The summed E-state index contributed by atoms with van der Waals surface area (Å²) < 4.78 is 5.68. The Kier molecular flexibility index (Phi) is 7.61. The molecule has 0 radical (unpaired) electrons. The van der Waals surface area contributed by atoms with Crippen molar-refractivity contribution >= 4 is 23.3 Å². The Morgan fingerprint density at radius 2 is 1.89 bits per heavy atom. The number of halogens is 1. The Hall–Kier alpha value is -2.20. The minimum Gasteiger partial charge on any atom is -0.494 e. The van der Waals surface area contributed by atoms with Gasteiger partial charge in [-0.25, -0.2) is 4.79 Å². The van der Waals surface area contributed by atoms with E-state index >= 15 is 0 Å². The summed E-state index contributed by atoms with van der Waals surface area (Å²) in [6.45, 7) is 4.38. The fourth-order valence-corrected chi connectivity index (χ4v) is 3.63. The summed E-state index contributed by atoms with van der Waals surface area (Å²) in [5.41, 5.74) is 2.04. The van der Waals surface area contributed by atoms with Crippen LogP contribution in [0.5, 0.6) is 5.75 Å². The van der Waals surface area contributed by atoms with Crippen LogP contribution in [0.25, 0.3) is 0 Å². The smallest absolute Gasteiger partial charge is 0.321 e. The minimum atomic E-state index is -0.0412. The van der Waals surface area contributed by atoms with Crippen LogP contribution in [0.3, 0.4) is 0 Å². The van der Waals surface area contributed by atoms with Gasteiger partial charge < -0.3 is 15.0 Å². The van der Waals surface area contributed by atoms with Crippen LogP contribution in [0.2, 0.25) is 5.02 Å². The molecule has 3 rings (SSSR count). The molecule has 1 unspecified atom stereocenters. The zero-order valence-corrected chi connectivity index (χ0v) is 17.3. The van der Waals surface area contributed by atoms with Gasteiger partial charge in [0.15, 0.2) is 0 Å². The van der Waals surface area contributed by atoms with Crippen LogP contribution in [-0.4, -0.2) is 30.6 Å². The van der Waals surface area contributed by atoms with E-state index < -0.39 is 0 Å². The van der Waals surface area contributed by atoms with Gasteiger partial charge in [-0.3, -0.25) is 0 Å². The van der Waals surface area contributed by atoms with Crippen molar-refractivity contribution in [2.45, 2.75) is 44.9 Å².